The summed E-state index contributed by atoms with van der Waals surface area (Å²) < 4.78 is 7.33. The summed E-state index contributed by atoms with van der Waals surface area (Å²) in [7, 11) is 0. The van der Waals surface area contributed by atoms with Crippen LogP contribution in [0.15, 0.2) is 29.1 Å². The second-order valence-electron chi connectivity index (χ2n) is 9.74. The zero-order valence-corrected chi connectivity index (χ0v) is 18.3. The number of alkyl carbamates (subject to hydrolysis) is 1. The van der Waals surface area contributed by atoms with E-state index in [1.807, 2.05) is 49.6 Å². The third kappa shape index (κ3) is 4.72. The van der Waals surface area contributed by atoms with Crippen LogP contribution in [0, 0.1) is 0 Å². The quantitative estimate of drug-likeness (QED) is 0.801. The highest BCUT2D eigenvalue weighted by Crippen LogP contribution is 2.30. The van der Waals surface area contributed by atoms with Crippen LogP contribution in [0.1, 0.15) is 65.3 Å². The Kier molecular flexibility index (Phi) is 5.91. The molecule has 1 aliphatic heterocycles. The number of carbonyl (C=O) groups is 1. The lowest BCUT2D eigenvalue weighted by molar-refractivity contribution is 0.0466. The molecule has 0 radical (unpaired) electrons. The maximum Gasteiger partial charge on any atom is 0.407 e. The van der Waals surface area contributed by atoms with E-state index in [9.17, 15) is 9.59 Å². The van der Waals surface area contributed by atoms with E-state index >= 15 is 0 Å². The van der Waals surface area contributed by atoms with E-state index in [-0.39, 0.29) is 23.9 Å². The van der Waals surface area contributed by atoms with Crippen LogP contribution < -0.4 is 11.0 Å². The molecule has 2 N–H and O–H groups in total. The van der Waals surface area contributed by atoms with Crippen molar-refractivity contribution in [1.82, 2.24) is 19.8 Å². The number of amides is 1. The van der Waals surface area contributed by atoms with Crippen molar-refractivity contribution in [2.75, 3.05) is 13.1 Å². The van der Waals surface area contributed by atoms with Crippen molar-refractivity contribution in [3.8, 4) is 0 Å². The third-order valence-corrected chi connectivity index (χ3v) is 6.42. The average molecular weight is 415 g/mol. The van der Waals surface area contributed by atoms with Gasteiger partial charge >= 0.3 is 11.8 Å². The Morgan fingerprint density at radius 2 is 1.70 bits per heavy atom. The van der Waals surface area contributed by atoms with Crippen molar-refractivity contribution in [3.05, 3.63) is 34.7 Å². The monoisotopic (exact) mass is 414 g/mol. The minimum atomic E-state index is -0.460. The average Bonchev–Trinajstić information content (AvgIpc) is 3.03. The van der Waals surface area contributed by atoms with Crippen molar-refractivity contribution >= 4 is 17.1 Å². The highest BCUT2D eigenvalue weighted by Gasteiger charge is 2.31. The van der Waals surface area contributed by atoms with Crippen molar-refractivity contribution in [3.63, 3.8) is 0 Å². The first-order valence-electron chi connectivity index (χ1n) is 11.2. The van der Waals surface area contributed by atoms with Gasteiger partial charge in [0.2, 0.25) is 0 Å². The van der Waals surface area contributed by atoms with Gasteiger partial charge in [0, 0.05) is 31.2 Å². The summed E-state index contributed by atoms with van der Waals surface area (Å²) in [5, 5.41) is 3.03. The van der Waals surface area contributed by atoms with Crippen molar-refractivity contribution in [2.45, 2.75) is 83.0 Å². The number of piperidine rings is 1. The molecule has 0 bridgehead atoms. The molecule has 1 aromatic carbocycles. The fourth-order valence-corrected chi connectivity index (χ4v) is 5.01. The van der Waals surface area contributed by atoms with Crippen LogP contribution in [0.3, 0.4) is 0 Å². The number of aromatic nitrogens is 2. The number of rotatable bonds is 3. The molecule has 2 aromatic rings. The van der Waals surface area contributed by atoms with Crippen LogP contribution in [0.2, 0.25) is 0 Å². The number of fused-ring (bicyclic) bond motifs is 1. The molecule has 1 saturated carbocycles. The van der Waals surface area contributed by atoms with Gasteiger partial charge in [-0.05, 0) is 71.4 Å². The molecular formula is C23H34N4O3. The van der Waals surface area contributed by atoms with Crippen LogP contribution in [-0.2, 0) is 4.74 Å². The summed E-state index contributed by atoms with van der Waals surface area (Å²) >= 11 is 0. The van der Waals surface area contributed by atoms with Gasteiger partial charge in [-0.2, -0.15) is 0 Å². The lowest BCUT2D eigenvalue weighted by Crippen LogP contribution is -2.47. The second-order valence-corrected chi connectivity index (χ2v) is 9.74. The van der Waals surface area contributed by atoms with E-state index in [0.717, 1.165) is 62.6 Å². The van der Waals surface area contributed by atoms with Crippen LogP contribution in [0.4, 0.5) is 4.79 Å². The highest BCUT2D eigenvalue weighted by atomic mass is 16.6. The van der Waals surface area contributed by atoms with E-state index < -0.39 is 5.60 Å². The Bertz CT molecular complexity index is 926. The van der Waals surface area contributed by atoms with E-state index in [1.54, 1.807) is 0 Å². The number of hydrogen-bond acceptors (Lipinski definition) is 4. The number of nitrogens with one attached hydrogen (secondary N) is 2. The molecule has 1 aliphatic carbocycles. The highest BCUT2D eigenvalue weighted by molar-refractivity contribution is 5.75. The first kappa shape index (κ1) is 21.0. The summed E-state index contributed by atoms with van der Waals surface area (Å²) in [6, 6.07) is 8.98. The normalized spacial score (nSPS) is 24.1. The number of imidazole rings is 1. The Hall–Kier alpha value is -2.28. The summed E-state index contributed by atoms with van der Waals surface area (Å²) in [6.07, 6.45) is 5.86. The van der Waals surface area contributed by atoms with Crippen molar-refractivity contribution in [2.24, 2.45) is 0 Å². The largest absolute Gasteiger partial charge is 0.444 e. The van der Waals surface area contributed by atoms with Crippen LogP contribution in [0.25, 0.3) is 11.0 Å². The predicted molar refractivity (Wildman–Crippen MR) is 118 cm³/mol. The molecule has 1 amide bonds. The van der Waals surface area contributed by atoms with Gasteiger partial charge in [0.05, 0.1) is 11.0 Å². The van der Waals surface area contributed by atoms with Gasteiger partial charge in [0.15, 0.2) is 0 Å². The number of para-hydroxylation sites is 2. The van der Waals surface area contributed by atoms with Gasteiger partial charge in [-0.15, -0.1) is 0 Å². The van der Waals surface area contributed by atoms with Gasteiger partial charge in [-0.25, -0.2) is 9.59 Å². The van der Waals surface area contributed by atoms with E-state index in [0.29, 0.717) is 6.04 Å². The zero-order valence-electron chi connectivity index (χ0n) is 18.3. The molecule has 1 aromatic heterocycles. The molecule has 0 spiro atoms. The summed E-state index contributed by atoms with van der Waals surface area (Å²) in [5.41, 5.74) is 1.47. The van der Waals surface area contributed by atoms with E-state index in [4.69, 9.17) is 4.74 Å². The number of hydrogen-bond donors (Lipinski definition) is 2. The minimum absolute atomic E-state index is 0.00313. The molecule has 7 nitrogen and oxygen atoms in total. The number of carbonyl (C=O) groups excluding carboxylic acids is 1. The summed E-state index contributed by atoms with van der Waals surface area (Å²) in [6.45, 7) is 7.70. The lowest BCUT2D eigenvalue weighted by atomic mass is 9.89. The number of likely N-dealkylation sites (tertiary alicyclic amines) is 1. The molecule has 4 rings (SSSR count). The van der Waals surface area contributed by atoms with Gasteiger partial charge in [0.1, 0.15) is 5.60 Å². The Morgan fingerprint density at radius 1 is 1.03 bits per heavy atom. The molecule has 30 heavy (non-hydrogen) atoms. The molecular weight excluding hydrogens is 380 g/mol. The third-order valence-electron chi connectivity index (χ3n) is 6.42. The van der Waals surface area contributed by atoms with Crippen molar-refractivity contribution < 1.29 is 9.53 Å². The Balaban J connectivity index is 1.28. The van der Waals surface area contributed by atoms with E-state index in [1.165, 1.54) is 0 Å². The Labute approximate surface area is 177 Å². The standard InChI is InChI=1S/C23H34N4O3/c1-23(2,3)30-22(29)24-16-8-10-17(11-9-16)26-14-12-18(13-15-26)27-20-7-5-4-6-19(20)25-21(27)28/h4-7,16-18H,8-15H2,1-3H3,(H,24,29)(H,25,28). The van der Waals surface area contributed by atoms with Gasteiger partial charge in [0.25, 0.3) is 0 Å². The molecule has 0 atom stereocenters. The SMILES string of the molecule is CC(C)(C)OC(=O)NC1CCC(N2CCC(n3c(=O)[nH]c4ccccc43)CC2)CC1. The fraction of sp³-hybridized carbons (Fsp3) is 0.652. The second kappa shape index (κ2) is 8.46. The molecule has 2 heterocycles. The predicted octanol–water partition coefficient (Wildman–Crippen LogP) is 3.80. The first-order chi connectivity index (χ1) is 14.3. The number of H-pyrrole nitrogens is 1. The van der Waals surface area contributed by atoms with Gasteiger partial charge < -0.3 is 19.9 Å². The number of ether oxygens (including phenoxy) is 1. The maximum atomic E-state index is 12.5. The van der Waals surface area contributed by atoms with Gasteiger partial charge in [-0.1, -0.05) is 12.1 Å². The topological polar surface area (TPSA) is 79.4 Å². The summed E-state index contributed by atoms with van der Waals surface area (Å²) in [5.74, 6) is 0. The molecule has 164 valence electrons. The maximum absolute atomic E-state index is 12.5. The molecule has 2 fully saturated rings. The molecule has 7 heteroatoms. The van der Waals surface area contributed by atoms with Crippen LogP contribution >= 0.6 is 0 Å². The molecule has 0 unspecified atom stereocenters. The molecule has 2 aliphatic rings. The summed E-state index contributed by atoms with van der Waals surface area (Å²) in [4.78, 5) is 30.1. The zero-order chi connectivity index (χ0) is 21.3. The lowest BCUT2D eigenvalue weighted by Gasteiger charge is -2.41. The first-order valence-corrected chi connectivity index (χ1v) is 11.2. The smallest absolute Gasteiger partial charge is 0.407 e. The minimum Gasteiger partial charge on any atom is -0.444 e. The van der Waals surface area contributed by atoms with Crippen molar-refractivity contribution in [1.29, 1.82) is 0 Å². The van der Waals surface area contributed by atoms with Crippen LogP contribution in [0.5, 0.6) is 0 Å². The van der Waals surface area contributed by atoms with Gasteiger partial charge in [-0.3, -0.25) is 4.57 Å². The van der Waals surface area contributed by atoms with Crippen LogP contribution in [-0.4, -0.2) is 51.3 Å². The fourth-order valence-electron chi connectivity index (χ4n) is 5.01. The number of benzene rings is 1. The van der Waals surface area contributed by atoms with E-state index in [2.05, 4.69) is 15.2 Å². The number of aromatic amines is 1. The molecule has 1 saturated heterocycles. The Morgan fingerprint density at radius 3 is 2.37 bits per heavy atom. The number of nitrogens with zero attached hydrogens (tertiary/aromatic N) is 2.